The Hall–Kier alpha value is -1.10. The van der Waals surface area contributed by atoms with E-state index in [1.165, 1.54) is 14.0 Å². The summed E-state index contributed by atoms with van der Waals surface area (Å²) in [6.07, 6.45) is 0.267. The van der Waals surface area contributed by atoms with Crippen LogP contribution in [0.1, 0.15) is 33.1 Å². The minimum atomic E-state index is -1.08. The maximum absolute atomic E-state index is 10.8. The van der Waals surface area contributed by atoms with Gasteiger partial charge in [0.05, 0.1) is 13.2 Å². The summed E-state index contributed by atoms with van der Waals surface area (Å²) >= 11 is 0. The van der Waals surface area contributed by atoms with Crippen molar-refractivity contribution in [1.29, 1.82) is 0 Å². The molecule has 0 saturated heterocycles. The standard InChI is InChI=1S/C10H18O5/c1-7(15-8(2)11)5-4-6-9(12)10(13)14-3/h7,9,12H,4-6H2,1-3H3/t7-,9?/m1/s1. The molecule has 2 atom stereocenters. The topological polar surface area (TPSA) is 72.8 Å². The van der Waals surface area contributed by atoms with Gasteiger partial charge in [0.25, 0.3) is 0 Å². The molecule has 5 heteroatoms. The van der Waals surface area contributed by atoms with Gasteiger partial charge in [-0.15, -0.1) is 0 Å². The fraction of sp³-hybridized carbons (Fsp3) is 0.800. The van der Waals surface area contributed by atoms with Gasteiger partial charge in [0.2, 0.25) is 0 Å². The summed E-state index contributed by atoms with van der Waals surface area (Å²) in [6, 6.07) is 0. The molecule has 0 fully saturated rings. The van der Waals surface area contributed by atoms with E-state index in [1.54, 1.807) is 6.92 Å². The maximum atomic E-state index is 10.8. The number of carbonyl (C=O) groups is 2. The molecule has 88 valence electrons. The van der Waals surface area contributed by atoms with E-state index in [2.05, 4.69) is 4.74 Å². The van der Waals surface area contributed by atoms with Crippen LogP contribution < -0.4 is 0 Å². The number of aliphatic hydroxyl groups excluding tert-OH is 1. The zero-order chi connectivity index (χ0) is 11.8. The molecule has 0 amide bonds. The van der Waals surface area contributed by atoms with Crippen molar-refractivity contribution in [3.05, 3.63) is 0 Å². The van der Waals surface area contributed by atoms with Gasteiger partial charge in [-0.1, -0.05) is 0 Å². The molecular weight excluding hydrogens is 200 g/mol. The Kier molecular flexibility index (Phi) is 6.70. The second kappa shape index (κ2) is 7.23. The molecule has 1 N–H and O–H groups in total. The predicted molar refractivity (Wildman–Crippen MR) is 53.1 cm³/mol. The van der Waals surface area contributed by atoms with Gasteiger partial charge in [0.1, 0.15) is 0 Å². The van der Waals surface area contributed by atoms with Gasteiger partial charge in [0.15, 0.2) is 6.10 Å². The molecule has 0 aliphatic rings. The third-order valence-corrected chi connectivity index (χ3v) is 1.93. The second-order valence-corrected chi connectivity index (χ2v) is 3.39. The van der Waals surface area contributed by atoms with E-state index in [-0.39, 0.29) is 12.1 Å². The molecule has 0 radical (unpaired) electrons. The first-order valence-corrected chi connectivity index (χ1v) is 4.90. The Bertz CT molecular complexity index is 214. The van der Waals surface area contributed by atoms with Crippen molar-refractivity contribution in [2.24, 2.45) is 0 Å². The van der Waals surface area contributed by atoms with Gasteiger partial charge >= 0.3 is 11.9 Å². The molecule has 0 bridgehead atoms. The summed E-state index contributed by atoms with van der Waals surface area (Å²) in [4.78, 5) is 21.4. The Morgan fingerprint density at radius 3 is 2.40 bits per heavy atom. The highest BCUT2D eigenvalue weighted by atomic mass is 16.5. The SMILES string of the molecule is COC(=O)C(O)CCC[C@@H](C)OC(C)=O. The number of rotatable bonds is 6. The largest absolute Gasteiger partial charge is 0.467 e. The zero-order valence-electron chi connectivity index (χ0n) is 9.36. The summed E-state index contributed by atoms with van der Waals surface area (Å²) in [7, 11) is 1.23. The number of aliphatic hydroxyl groups is 1. The average molecular weight is 218 g/mol. The van der Waals surface area contributed by atoms with E-state index in [9.17, 15) is 14.7 Å². The van der Waals surface area contributed by atoms with Gasteiger partial charge in [-0.3, -0.25) is 4.79 Å². The fourth-order valence-corrected chi connectivity index (χ4v) is 1.19. The number of hydrogen-bond acceptors (Lipinski definition) is 5. The molecule has 0 aliphatic heterocycles. The summed E-state index contributed by atoms with van der Waals surface area (Å²) < 4.78 is 9.24. The lowest BCUT2D eigenvalue weighted by atomic mass is 10.1. The van der Waals surface area contributed by atoms with E-state index >= 15 is 0 Å². The van der Waals surface area contributed by atoms with Crippen LogP contribution >= 0.6 is 0 Å². The quantitative estimate of drug-likeness (QED) is 0.662. The molecular formula is C10H18O5. The number of esters is 2. The molecule has 0 spiro atoms. The van der Waals surface area contributed by atoms with Gasteiger partial charge in [0, 0.05) is 6.92 Å². The first kappa shape index (κ1) is 13.9. The van der Waals surface area contributed by atoms with Crippen LogP contribution in [-0.4, -0.2) is 36.4 Å². The van der Waals surface area contributed by atoms with Crippen LogP contribution in [0.4, 0.5) is 0 Å². The highest BCUT2D eigenvalue weighted by molar-refractivity contribution is 5.74. The molecule has 0 heterocycles. The Morgan fingerprint density at radius 2 is 1.93 bits per heavy atom. The van der Waals surface area contributed by atoms with Crippen LogP contribution in [0.15, 0.2) is 0 Å². The van der Waals surface area contributed by atoms with E-state index in [1.807, 2.05) is 0 Å². The lowest BCUT2D eigenvalue weighted by Gasteiger charge is -2.12. The summed E-state index contributed by atoms with van der Waals surface area (Å²) in [6.45, 7) is 3.12. The lowest BCUT2D eigenvalue weighted by Crippen LogP contribution is -2.22. The second-order valence-electron chi connectivity index (χ2n) is 3.39. The van der Waals surface area contributed by atoms with Crippen molar-refractivity contribution in [2.45, 2.75) is 45.3 Å². The molecule has 5 nitrogen and oxygen atoms in total. The monoisotopic (exact) mass is 218 g/mol. The van der Waals surface area contributed by atoms with E-state index in [4.69, 9.17) is 4.74 Å². The number of ether oxygens (including phenoxy) is 2. The van der Waals surface area contributed by atoms with Gasteiger partial charge in [-0.25, -0.2) is 4.79 Å². The van der Waals surface area contributed by atoms with E-state index in [0.29, 0.717) is 19.3 Å². The number of carbonyl (C=O) groups excluding carboxylic acids is 2. The van der Waals surface area contributed by atoms with Gasteiger partial charge in [-0.2, -0.15) is 0 Å². The summed E-state index contributed by atoms with van der Waals surface area (Å²) in [5.41, 5.74) is 0. The van der Waals surface area contributed by atoms with Crippen LogP contribution in [0.3, 0.4) is 0 Å². The van der Waals surface area contributed by atoms with E-state index in [0.717, 1.165) is 0 Å². The highest BCUT2D eigenvalue weighted by Crippen LogP contribution is 2.07. The molecule has 15 heavy (non-hydrogen) atoms. The molecule has 0 aromatic rings. The lowest BCUT2D eigenvalue weighted by molar-refractivity contribution is -0.151. The van der Waals surface area contributed by atoms with Crippen molar-refractivity contribution in [2.75, 3.05) is 7.11 Å². The summed E-state index contributed by atoms with van der Waals surface area (Å²) in [5.74, 6) is -0.953. The third kappa shape index (κ3) is 6.90. The van der Waals surface area contributed by atoms with Crippen molar-refractivity contribution < 1.29 is 24.2 Å². The van der Waals surface area contributed by atoms with Crippen LogP contribution in [-0.2, 0) is 19.1 Å². The smallest absolute Gasteiger partial charge is 0.334 e. The normalized spacial score (nSPS) is 14.1. The first-order valence-electron chi connectivity index (χ1n) is 4.90. The Labute approximate surface area is 89.4 Å². The zero-order valence-corrected chi connectivity index (χ0v) is 9.36. The van der Waals surface area contributed by atoms with Gasteiger partial charge < -0.3 is 14.6 Å². The van der Waals surface area contributed by atoms with Crippen molar-refractivity contribution >= 4 is 11.9 Å². The fourth-order valence-electron chi connectivity index (χ4n) is 1.19. The van der Waals surface area contributed by atoms with Crippen LogP contribution in [0.25, 0.3) is 0 Å². The summed E-state index contributed by atoms with van der Waals surface area (Å²) in [5, 5.41) is 9.23. The molecule has 0 aliphatic carbocycles. The van der Waals surface area contributed by atoms with Crippen LogP contribution in [0.5, 0.6) is 0 Å². The van der Waals surface area contributed by atoms with Crippen molar-refractivity contribution in [3.63, 3.8) is 0 Å². The number of hydrogen-bond donors (Lipinski definition) is 1. The molecule has 0 aromatic heterocycles. The maximum Gasteiger partial charge on any atom is 0.334 e. The van der Waals surface area contributed by atoms with Crippen LogP contribution in [0.2, 0.25) is 0 Å². The first-order chi connectivity index (χ1) is 6.97. The molecule has 0 saturated carbocycles. The number of methoxy groups -OCH3 is 1. The Balaban J connectivity index is 3.60. The highest BCUT2D eigenvalue weighted by Gasteiger charge is 2.15. The van der Waals surface area contributed by atoms with Crippen molar-refractivity contribution in [3.8, 4) is 0 Å². The average Bonchev–Trinajstić information content (AvgIpc) is 2.15. The van der Waals surface area contributed by atoms with Gasteiger partial charge in [-0.05, 0) is 26.2 Å². The molecule has 0 aromatic carbocycles. The van der Waals surface area contributed by atoms with Crippen LogP contribution in [0, 0.1) is 0 Å². The minimum Gasteiger partial charge on any atom is -0.467 e. The molecule has 0 rings (SSSR count). The molecule has 1 unspecified atom stereocenters. The van der Waals surface area contributed by atoms with E-state index < -0.39 is 12.1 Å². The third-order valence-electron chi connectivity index (χ3n) is 1.93. The predicted octanol–water partition coefficient (Wildman–Crippen LogP) is 0.642. The minimum absolute atomic E-state index is 0.188. The van der Waals surface area contributed by atoms with Crippen molar-refractivity contribution in [1.82, 2.24) is 0 Å². The Morgan fingerprint density at radius 1 is 1.33 bits per heavy atom.